The van der Waals surface area contributed by atoms with Crippen LogP contribution in [-0.2, 0) is 9.53 Å². The fourth-order valence-electron chi connectivity index (χ4n) is 3.22. The zero-order valence-electron chi connectivity index (χ0n) is 14.5. The molecule has 0 saturated heterocycles. The lowest BCUT2D eigenvalue weighted by molar-refractivity contribution is -0.125. The smallest absolute Gasteiger partial charge is 0.338 e. The van der Waals surface area contributed by atoms with Gasteiger partial charge in [-0.05, 0) is 49.3 Å². The van der Waals surface area contributed by atoms with Crippen LogP contribution in [0.15, 0.2) is 18.2 Å². The third-order valence-corrected chi connectivity index (χ3v) is 5.21. The van der Waals surface area contributed by atoms with Gasteiger partial charge in [0, 0.05) is 6.04 Å². The van der Waals surface area contributed by atoms with Crippen molar-refractivity contribution in [2.45, 2.75) is 53.0 Å². The largest absolute Gasteiger partial charge is 0.452 e. The molecule has 1 aliphatic rings. The van der Waals surface area contributed by atoms with Crippen LogP contribution in [0.4, 0.5) is 0 Å². The van der Waals surface area contributed by atoms with Crippen LogP contribution < -0.4 is 5.32 Å². The lowest BCUT2D eigenvalue weighted by Gasteiger charge is -2.34. The Balaban J connectivity index is 1.86. The first-order valence-corrected chi connectivity index (χ1v) is 8.43. The monoisotopic (exact) mass is 317 g/mol. The summed E-state index contributed by atoms with van der Waals surface area (Å²) in [4.78, 5) is 24.2. The lowest BCUT2D eigenvalue weighted by Crippen LogP contribution is -2.45. The molecule has 3 atom stereocenters. The number of esters is 1. The van der Waals surface area contributed by atoms with E-state index in [9.17, 15) is 9.59 Å². The molecule has 1 saturated carbocycles. The maximum absolute atomic E-state index is 12.1. The minimum atomic E-state index is -0.439. The molecular weight excluding hydrogens is 290 g/mol. The summed E-state index contributed by atoms with van der Waals surface area (Å²) in [5.41, 5.74) is 2.46. The summed E-state index contributed by atoms with van der Waals surface area (Å²) < 4.78 is 5.18. The van der Waals surface area contributed by atoms with Crippen LogP contribution in [-0.4, -0.2) is 24.5 Å². The second-order valence-corrected chi connectivity index (χ2v) is 6.76. The molecule has 1 fully saturated rings. The van der Waals surface area contributed by atoms with E-state index in [0.717, 1.165) is 24.0 Å². The van der Waals surface area contributed by atoms with E-state index in [1.54, 1.807) is 6.07 Å². The molecule has 1 amide bonds. The molecular formula is C19H27NO3. The Morgan fingerprint density at radius 2 is 1.96 bits per heavy atom. The average molecular weight is 317 g/mol. The Hall–Kier alpha value is -1.84. The van der Waals surface area contributed by atoms with Gasteiger partial charge in [-0.3, -0.25) is 4.79 Å². The second kappa shape index (κ2) is 7.62. The normalized spacial score (nSPS) is 24.1. The number of ether oxygens (including phenoxy) is 1. The second-order valence-electron chi connectivity index (χ2n) is 6.76. The van der Waals surface area contributed by atoms with Crippen LogP contribution in [0.25, 0.3) is 0 Å². The van der Waals surface area contributed by atoms with Crippen LogP contribution in [0, 0.1) is 25.7 Å². The molecule has 126 valence electrons. The van der Waals surface area contributed by atoms with Crippen molar-refractivity contribution in [3.05, 3.63) is 34.9 Å². The van der Waals surface area contributed by atoms with Gasteiger partial charge in [0.25, 0.3) is 5.91 Å². The topological polar surface area (TPSA) is 55.4 Å². The van der Waals surface area contributed by atoms with Gasteiger partial charge in [-0.1, -0.05) is 38.8 Å². The minimum absolute atomic E-state index is 0.186. The number of benzene rings is 1. The van der Waals surface area contributed by atoms with E-state index in [1.807, 2.05) is 26.0 Å². The van der Waals surface area contributed by atoms with Crippen molar-refractivity contribution in [1.82, 2.24) is 5.32 Å². The third-order valence-electron chi connectivity index (χ3n) is 5.21. The summed E-state index contributed by atoms with van der Waals surface area (Å²) in [5.74, 6) is 0.426. The van der Waals surface area contributed by atoms with Crippen molar-refractivity contribution in [2.24, 2.45) is 11.8 Å². The molecule has 1 N–H and O–H groups in total. The number of amides is 1. The fourth-order valence-corrected chi connectivity index (χ4v) is 3.22. The van der Waals surface area contributed by atoms with Crippen LogP contribution in [0.2, 0.25) is 0 Å². The molecule has 0 radical (unpaired) electrons. The highest BCUT2D eigenvalue weighted by Crippen LogP contribution is 2.29. The van der Waals surface area contributed by atoms with Gasteiger partial charge in [0.2, 0.25) is 0 Å². The molecule has 4 heteroatoms. The molecule has 0 heterocycles. The van der Waals surface area contributed by atoms with Gasteiger partial charge in [0.1, 0.15) is 0 Å². The summed E-state index contributed by atoms with van der Waals surface area (Å²) in [6.07, 6.45) is 3.36. The average Bonchev–Trinajstić information content (AvgIpc) is 2.52. The van der Waals surface area contributed by atoms with E-state index < -0.39 is 5.97 Å². The van der Waals surface area contributed by atoms with E-state index in [-0.39, 0.29) is 18.6 Å². The van der Waals surface area contributed by atoms with E-state index in [0.29, 0.717) is 17.4 Å². The molecule has 1 aliphatic carbocycles. The van der Waals surface area contributed by atoms with Gasteiger partial charge in [-0.2, -0.15) is 0 Å². The molecule has 1 aromatic rings. The number of carbonyl (C=O) groups is 2. The summed E-state index contributed by atoms with van der Waals surface area (Å²) in [5, 5.41) is 3.02. The summed E-state index contributed by atoms with van der Waals surface area (Å²) in [6, 6.07) is 5.69. The molecule has 0 spiro atoms. The first-order chi connectivity index (χ1) is 10.9. The van der Waals surface area contributed by atoms with Crippen LogP contribution in [0.1, 0.15) is 54.6 Å². The van der Waals surface area contributed by atoms with E-state index in [2.05, 4.69) is 19.2 Å². The van der Waals surface area contributed by atoms with Crippen LogP contribution in [0.3, 0.4) is 0 Å². The fraction of sp³-hybridized carbons (Fsp3) is 0.579. The Kier molecular flexibility index (Phi) is 5.80. The predicted octanol–water partition coefficient (Wildman–Crippen LogP) is 3.40. The number of nitrogens with one attached hydrogen (secondary N) is 1. The molecule has 0 aliphatic heterocycles. The Morgan fingerprint density at radius 1 is 1.22 bits per heavy atom. The first-order valence-electron chi connectivity index (χ1n) is 8.43. The SMILES string of the molecule is Cc1cccc(C(=O)OCC(=O)NC2CCCC(C)C2C)c1C. The van der Waals surface area contributed by atoms with E-state index >= 15 is 0 Å². The highest BCUT2D eigenvalue weighted by Gasteiger charge is 2.28. The van der Waals surface area contributed by atoms with Crippen molar-refractivity contribution < 1.29 is 14.3 Å². The molecule has 0 bridgehead atoms. The quantitative estimate of drug-likeness (QED) is 0.866. The number of carbonyl (C=O) groups excluding carboxylic acids is 2. The first kappa shape index (κ1) is 17.5. The molecule has 1 aromatic carbocycles. The van der Waals surface area contributed by atoms with Gasteiger partial charge >= 0.3 is 5.97 Å². The predicted molar refractivity (Wildman–Crippen MR) is 90.3 cm³/mol. The Morgan fingerprint density at radius 3 is 2.70 bits per heavy atom. The van der Waals surface area contributed by atoms with Gasteiger partial charge < -0.3 is 10.1 Å². The Bertz CT molecular complexity index is 582. The van der Waals surface area contributed by atoms with Crippen LogP contribution in [0.5, 0.6) is 0 Å². The number of aryl methyl sites for hydroxylation is 1. The van der Waals surface area contributed by atoms with Gasteiger partial charge in [-0.25, -0.2) is 4.79 Å². The van der Waals surface area contributed by atoms with Crippen molar-refractivity contribution in [3.8, 4) is 0 Å². The van der Waals surface area contributed by atoms with E-state index in [1.165, 1.54) is 6.42 Å². The number of rotatable bonds is 4. The standard InChI is InChI=1S/C19H27NO3/c1-12-7-5-9-16(14(12)3)19(22)23-11-18(21)20-17-10-6-8-13(2)15(17)4/h5,7,9,13,15,17H,6,8,10-11H2,1-4H3,(H,20,21). The minimum Gasteiger partial charge on any atom is -0.452 e. The van der Waals surface area contributed by atoms with Crippen molar-refractivity contribution >= 4 is 11.9 Å². The molecule has 3 unspecified atom stereocenters. The van der Waals surface area contributed by atoms with Crippen molar-refractivity contribution in [1.29, 1.82) is 0 Å². The maximum Gasteiger partial charge on any atom is 0.338 e. The summed E-state index contributed by atoms with van der Waals surface area (Å²) in [6.45, 7) is 8.02. The van der Waals surface area contributed by atoms with Gasteiger partial charge in [0.05, 0.1) is 5.56 Å². The number of hydrogen-bond donors (Lipinski definition) is 1. The Labute approximate surface area is 138 Å². The number of hydrogen-bond acceptors (Lipinski definition) is 3. The van der Waals surface area contributed by atoms with E-state index in [4.69, 9.17) is 4.74 Å². The summed E-state index contributed by atoms with van der Waals surface area (Å²) >= 11 is 0. The molecule has 4 nitrogen and oxygen atoms in total. The van der Waals surface area contributed by atoms with Gasteiger partial charge in [-0.15, -0.1) is 0 Å². The molecule has 0 aromatic heterocycles. The van der Waals surface area contributed by atoms with Crippen molar-refractivity contribution in [3.63, 3.8) is 0 Å². The van der Waals surface area contributed by atoms with Crippen molar-refractivity contribution in [2.75, 3.05) is 6.61 Å². The van der Waals surface area contributed by atoms with Crippen LogP contribution >= 0.6 is 0 Å². The highest BCUT2D eigenvalue weighted by molar-refractivity contribution is 5.93. The molecule has 23 heavy (non-hydrogen) atoms. The molecule has 2 rings (SSSR count). The lowest BCUT2D eigenvalue weighted by atomic mass is 9.78. The van der Waals surface area contributed by atoms with Gasteiger partial charge in [0.15, 0.2) is 6.61 Å². The highest BCUT2D eigenvalue weighted by atomic mass is 16.5. The maximum atomic E-state index is 12.1. The zero-order chi connectivity index (χ0) is 17.0. The third kappa shape index (κ3) is 4.34. The summed E-state index contributed by atoms with van der Waals surface area (Å²) in [7, 11) is 0. The zero-order valence-corrected chi connectivity index (χ0v) is 14.5.